The summed E-state index contributed by atoms with van der Waals surface area (Å²) in [5.41, 5.74) is 0.548. The topological polar surface area (TPSA) is 50.1 Å². The Morgan fingerprint density at radius 2 is 2.24 bits per heavy atom. The first-order valence-electron chi connectivity index (χ1n) is 5.89. The Hall–Kier alpha value is -1.82. The Kier molecular flexibility index (Phi) is 5.22. The Morgan fingerprint density at radius 3 is 2.82 bits per heavy atom. The molecule has 1 aromatic rings. The van der Waals surface area contributed by atoms with E-state index in [1.165, 1.54) is 0 Å². The predicted molar refractivity (Wildman–Crippen MR) is 66.0 cm³/mol. The summed E-state index contributed by atoms with van der Waals surface area (Å²) in [4.78, 5) is 12.0. The van der Waals surface area contributed by atoms with E-state index in [4.69, 9.17) is 10.00 Å². The third kappa shape index (κ3) is 3.60. The molecule has 3 heteroatoms. The van der Waals surface area contributed by atoms with Crippen molar-refractivity contribution in [2.75, 3.05) is 6.61 Å². The standard InChI is InChI=1S/C14H17NO2/c1-3-8-17-13-7-5-6-12(9-13)14(16)11(4-2)10-15/h5-7,9,11H,3-4,8H2,1-2H3. The number of hydrogen-bond donors (Lipinski definition) is 0. The van der Waals surface area contributed by atoms with Crippen LogP contribution in [0.25, 0.3) is 0 Å². The monoisotopic (exact) mass is 231 g/mol. The molecular weight excluding hydrogens is 214 g/mol. The van der Waals surface area contributed by atoms with Crippen molar-refractivity contribution in [3.05, 3.63) is 29.8 Å². The average molecular weight is 231 g/mol. The third-order valence-corrected chi connectivity index (χ3v) is 2.47. The van der Waals surface area contributed by atoms with Gasteiger partial charge in [-0.3, -0.25) is 4.79 Å². The van der Waals surface area contributed by atoms with Gasteiger partial charge in [-0.2, -0.15) is 5.26 Å². The summed E-state index contributed by atoms with van der Waals surface area (Å²) in [7, 11) is 0. The number of rotatable bonds is 6. The lowest BCUT2D eigenvalue weighted by Crippen LogP contribution is -2.12. The summed E-state index contributed by atoms with van der Waals surface area (Å²) in [5, 5.41) is 8.87. The molecule has 0 saturated carbocycles. The zero-order valence-electron chi connectivity index (χ0n) is 10.3. The third-order valence-electron chi connectivity index (χ3n) is 2.47. The molecule has 0 bridgehead atoms. The molecule has 3 nitrogen and oxygen atoms in total. The number of Topliss-reactive ketones (excluding diaryl/α,β-unsaturated/α-hetero) is 1. The molecule has 0 spiro atoms. The van der Waals surface area contributed by atoms with Gasteiger partial charge in [0.2, 0.25) is 0 Å². The largest absolute Gasteiger partial charge is 0.494 e. The SMILES string of the molecule is CCCOc1cccc(C(=O)C(C#N)CC)c1. The minimum Gasteiger partial charge on any atom is -0.494 e. The number of hydrogen-bond acceptors (Lipinski definition) is 3. The second kappa shape index (κ2) is 6.70. The van der Waals surface area contributed by atoms with Crippen molar-refractivity contribution in [3.8, 4) is 11.8 Å². The molecule has 0 aromatic heterocycles. The first-order chi connectivity index (χ1) is 8.22. The molecule has 90 valence electrons. The van der Waals surface area contributed by atoms with Crippen LogP contribution in [0.15, 0.2) is 24.3 Å². The van der Waals surface area contributed by atoms with Crippen LogP contribution in [0.3, 0.4) is 0 Å². The molecule has 0 saturated heterocycles. The van der Waals surface area contributed by atoms with Gasteiger partial charge in [0.15, 0.2) is 5.78 Å². The lowest BCUT2D eigenvalue weighted by atomic mass is 9.96. The minimum absolute atomic E-state index is 0.128. The van der Waals surface area contributed by atoms with Crippen molar-refractivity contribution < 1.29 is 9.53 Å². The fourth-order valence-electron chi connectivity index (χ4n) is 1.50. The van der Waals surface area contributed by atoms with Crippen LogP contribution >= 0.6 is 0 Å². The summed E-state index contributed by atoms with van der Waals surface area (Å²) in [6.45, 7) is 4.49. The van der Waals surface area contributed by atoms with Crippen molar-refractivity contribution in [1.82, 2.24) is 0 Å². The summed E-state index contributed by atoms with van der Waals surface area (Å²) in [6, 6.07) is 9.05. The highest BCUT2D eigenvalue weighted by Crippen LogP contribution is 2.18. The Balaban J connectivity index is 2.84. The lowest BCUT2D eigenvalue weighted by molar-refractivity contribution is 0.0946. The molecule has 1 rings (SSSR count). The van der Waals surface area contributed by atoms with Crippen molar-refractivity contribution in [2.24, 2.45) is 5.92 Å². The molecule has 0 aliphatic carbocycles. The molecular formula is C14H17NO2. The molecule has 0 heterocycles. The van der Waals surface area contributed by atoms with Crippen LogP contribution in [0.5, 0.6) is 5.75 Å². The van der Waals surface area contributed by atoms with E-state index >= 15 is 0 Å². The van der Waals surface area contributed by atoms with Crippen LogP contribution in [-0.2, 0) is 0 Å². The van der Waals surface area contributed by atoms with E-state index in [1.807, 2.05) is 26.0 Å². The van der Waals surface area contributed by atoms with E-state index in [-0.39, 0.29) is 5.78 Å². The quantitative estimate of drug-likeness (QED) is 0.706. The zero-order valence-corrected chi connectivity index (χ0v) is 10.3. The van der Waals surface area contributed by atoms with E-state index in [2.05, 4.69) is 0 Å². The minimum atomic E-state index is -0.559. The van der Waals surface area contributed by atoms with Crippen LogP contribution in [0.1, 0.15) is 37.0 Å². The van der Waals surface area contributed by atoms with Crippen molar-refractivity contribution >= 4 is 5.78 Å². The summed E-state index contributed by atoms with van der Waals surface area (Å²) in [5.74, 6) is -0.00105. The number of benzene rings is 1. The highest BCUT2D eigenvalue weighted by atomic mass is 16.5. The van der Waals surface area contributed by atoms with Gasteiger partial charge in [0.25, 0.3) is 0 Å². The molecule has 1 atom stereocenters. The van der Waals surface area contributed by atoms with Gasteiger partial charge in [-0.1, -0.05) is 26.0 Å². The summed E-state index contributed by atoms with van der Waals surface area (Å²) in [6.07, 6.45) is 1.46. The number of nitrogens with zero attached hydrogens (tertiary/aromatic N) is 1. The lowest BCUT2D eigenvalue weighted by Gasteiger charge is -2.08. The van der Waals surface area contributed by atoms with Gasteiger partial charge in [0.1, 0.15) is 11.7 Å². The second-order valence-electron chi connectivity index (χ2n) is 3.83. The van der Waals surface area contributed by atoms with Gasteiger partial charge in [0.05, 0.1) is 12.7 Å². The number of carbonyl (C=O) groups excluding carboxylic acids is 1. The molecule has 1 aromatic carbocycles. The van der Waals surface area contributed by atoms with Gasteiger partial charge in [0, 0.05) is 5.56 Å². The molecule has 0 aliphatic heterocycles. The summed E-state index contributed by atoms with van der Waals surface area (Å²) >= 11 is 0. The van der Waals surface area contributed by atoms with E-state index in [0.717, 1.165) is 6.42 Å². The molecule has 17 heavy (non-hydrogen) atoms. The molecule has 1 unspecified atom stereocenters. The number of nitriles is 1. The van der Waals surface area contributed by atoms with Crippen LogP contribution in [0.4, 0.5) is 0 Å². The molecule has 0 fully saturated rings. The predicted octanol–water partition coefficient (Wildman–Crippen LogP) is 3.21. The van der Waals surface area contributed by atoms with Crippen LogP contribution < -0.4 is 4.74 Å². The Morgan fingerprint density at radius 1 is 1.47 bits per heavy atom. The van der Waals surface area contributed by atoms with Gasteiger partial charge in [-0.15, -0.1) is 0 Å². The first-order valence-corrected chi connectivity index (χ1v) is 5.89. The van der Waals surface area contributed by atoms with Crippen LogP contribution in [-0.4, -0.2) is 12.4 Å². The highest BCUT2D eigenvalue weighted by molar-refractivity contribution is 5.99. The van der Waals surface area contributed by atoms with Crippen LogP contribution in [0.2, 0.25) is 0 Å². The van der Waals surface area contributed by atoms with E-state index in [0.29, 0.717) is 24.3 Å². The molecule has 0 aliphatic rings. The zero-order chi connectivity index (χ0) is 12.7. The van der Waals surface area contributed by atoms with Crippen molar-refractivity contribution in [2.45, 2.75) is 26.7 Å². The molecule has 0 radical (unpaired) electrons. The second-order valence-corrected chi connectivity index (χ2v) is 3.83. The molecule has 0 amide bonds. The van der Waals surface area contributed by atoms with E-state index in [9.17, 15) is 4.79 Å². The number of ether oxygens (including phenoxy) is 1. The van der Waals surface area contributed by atoms with Gasteiger partial charge in [-0.05, 0) is 25.0 Å². The smallest absolute Gasteiger partial charge is 0.180 e. The van der Waals surface area contributed by atoms with Gasteiger partial charge >= 0.3 is 0 Å². The maximum atomic E-state index is 12.0. The highest BCUT2D eigenvalue weighted by Gasteiger charge is 2.17. The number of ketones is 1. The fourth-order valence-corrected chi connectivity index (χ4v) is 1.50. The van der Waals surface area contributed by atoms with Gasteiger partial charge in [-0.25, -0.2) is 0 Å². The average Bonchev–Trinajstić information content (AvgIpc) is 2.38. The van der Waals surface area contributed by atoms with Crippen molar-refractivity contribution in [3.63, 3.8) is 0 Å². The van der Waals surface area contributed by atoms with Crippen LogP contribution in [0, 0.1) is 17.2 Å². The van der Waals surface area contributed by atoms with E-state index in [1.54, 1.807) is 18.2 Å². The maximum Gasteiger partial charge on any atom is 0.180 e. The number of carbonyl (C=O) groups is 1. The fraction of sp³-hybridized carbons (Fsp3) is 0.429. The normalized spacial score (nSPS) is 11.6. The van der Waals surface area contributed by atoms with Crippen molar-refractivity contribution in [1.29, 1.82) is 5.26 Å². The summed E-state index contributed by atoms with van der Waals surface area (Å²) < 4.78 is 5.46. The first kappa shape index (κ1) is 13.2. The molecule has 0 N–H and O–H groups in total. The Bertz CT molecular complexity index is 420. The Labute approximate surface area is 102 Å². The maximum absolute atomic E-state index is 12.0. The van der Waals surface area contributed by atoms with Gasteiger partial charge < -0.3 is 4.74 Å². The van der Waals surface area contributed by atoms with E-state index < -0.39 is 5.92 Å².